The lowest BCUT2D eigenvalue weighted by Gasteiger charge is -1.90. The summed E-state index contributed by atoms with van der Waals surface area (Å²) in [4.78, 5) is 4.24. The number of aliphatic imine (C=N–C) groups is 1. The van der Waals surface area contributed by atoms with Gasteiger partial charge >= 0.3 is 0 Å². The molecule has 2 aliphatic rings. The van der Waals surface area contributed by atoms with Gasteiger partial charge in [-0.05, 0) is 18.9 Å². The molecule has 0 aromatic rings. The highest BCUT2D eigenvalue weighted by Crippen LogP contribution is 2.42. The van der Waals surface area contributed by atoms with Crippen LogP contribution in [0.5, 0.6) is 0 Å². The third-order valence-electron chi connectivity index (χ3n) is 1.59. The summed E-state index contributed by atoms with van der Waals surface area (Å²) in [5.74, 6) is 0. The van der Waals surface area contributed by atoms with Crippen LogP contribution in [0.25, 0.3) is 0 Å². The first-order chi connectivity index (χ1) is 3.41. The first-order valence-corrected chi connectivity index (χ1v) is 2.64. The van der Waals surface area contributed by atoms with E-state index < -0.39 is 0 Å². The largest absolute Gasteiger partial charge is 0.282 e. The fraction of sp³-hybridized carbons (Fsp3) is 0.500. The van der Waals surface area contributed by atoms with Crippen LogP contribution < -0.4 is 0 Å². The number of rotatable bonds is 0. The standard InChI is InChI=1S/C6H7N/c1-2-6(3-4-6)7-5-1/h1-2,5H,3-4H2. The van der Waals surface area contributed by atoms with Crippen molar-refractivity contribution in [3.63, 3.8) is 0 Å². The number of hydrogen-bond donors (Lipinski definition) is 0. The van der Waals surface area contributed by atoms with Gasteiger partial charge in [-0.25, -0.2) is 0 Å². The van der Waals surface area contributed by atoms with Crippen LogP contribution in [0.1, 0.15) is 12.8 Å². The van der Waals surface area contributed by atoms with E-state index in [-0.39, 0.29) is 0 Å². The van der Waals surface area contributed by atoms with Crippen LogP contribution >= 0.6 is 0 Å². The molecule has 0 N–H and O–H groups in total. The Labute approximate surface area is 42.8 Å². The van der Waals surface area contributed by atoms with E-state index in [0.29, 0.717) is 5.54 Å². The molecule has 1 heterocycles. The van der Waals surface area contributed by atoms with Gasteiger partial charge in [-0.15, -0.1) is 0 Å². The molecule has 36 valence electrons. The lowest BCUT2D eigenvalue weighted by Crippen LogP contribution is -1.91. The molecular formula is C6H7N. The summed E-state index contributed by atoms with van der Waals surface area (Å²) < 4.78 is 0. The van der Waals surface area contributed by atoms with Crippen molar-refractivity contribution in [2.75, 3.05) is 0 Å². The van der Waals surface area contributed by atoms with E-state index in [0.717, 1.165) is 0 Å². The zero-order valence-corrected chi connectivity index (χ0v) is 4.09. The van der Waals surface area contributed by atoms with Crippen molar-refractivity contribution in [3.8, 4) is 0 Å². The summed E-state index contributed by atoms with van der Waals surface area (Å²) in [5, 5.41) is 0. The zero-order chi connectivity index (χ0) is 4.74. The Balaban J connectivity index is 2.38. The average molecular weight is 93.1 g/mol. The Morgan fingerprint density at radius 1 is 1.43 bits per heavy atom. The SMILES string of the molecule is C1=CC2(CC2)N=C1. The summed E-state index contributed by atoms with van der Waals surface area (Å²) in [6.45, 7) is 0. The van der Waals surface area contributed by atoms with E-state index >= 15 is 0 Å². The number of nitrogens with zero attached hydrogens (tertiary/aromatic N) is 1. The number of allylic oxidation sites excluding steroid dienone is 1. The van der Waals surface area contributed by atoms with Crippen molar-refractivity contribution in [1.82, 2.24) is 0 Å². The Hall–Kier alpha value is -0.590. The summed E-state index contributed by atoms with van der Waals surface area (Å²) in [7, 11) is 0. The van der Waals surface area contributed by atoms with E-state index in [1.807, 2.05) is 12.3 Å². The molecule has 0 bridgehead atoms. The minimum absolute atomic E-state index is 0.333. The fourth-order valence-electron chi connectivity index (χ4n) is 0.880. The second kappa shape index (κ2) is 0.808. The highest BCUT2D eigenvalue weighted by molar-refractivity contribution is 5.76. The van der Waals surface area contributed by atoms with Gasteiger partial charge < -0.3 is 0 Å². The third-order valence-corrected chi connectivity index (χ3v) is 1.59. The van der Waals surface area contributed by atoms with Gasteiger partial charge in [0.25, 0.3) is 0 Å². The average Bonchev–Trinajstić information content (AvgIpc) is 2.15. The van der Waals surface area contributed by atoms with Crippen molar-refractivity contribution < 1.29 is 0 Å². The molecule has 1 spiro atoms. The summed E-state index contributed by atoms with van der Waals surface area (Å²) in [6, 6.07) is 0. The Morgan fingerprint density at radius 3 is 2.57 bits per heavy atom. The second-order valence-electron chi connectivity index (χ2n) is 2.24. The van der Waals surface area contributed by atoms with Gasteiger partial charge in [-0.3, -0.25) is 4.99 Å². The smallest absolute Gasteiger partial charge is 0.0793 e. The van der Waals surface area contributed by atoms with Crippen LogP contribution in [0.4, 0.5) is 0 Å². The van der Waals surface area contributed by atoms with E-state index in [4.69, 9.17) is 0 Å². The molecule has 1 saturated carbocycles. The normalized spacial score (nSPS) is 29.7. The maximum absolute atomic E-state index is 4.24. The molecule has 7 heavy (non-hydrogen) atoms. The monoisotopic (exact) mass is 93.1 g/mol. The topological polar surface area (TPSA) is 12.4 Å². The molecule has 0 atom stereocenters. The lowest BCUT2D eigenvalue weighted by atomic mass is 10.3. The van der Waals surface area contributed by atoms with Gasteiger partial charge in [0.2, 0.25) is 0 Å². The van der Waals surface area contributed by atoms with Gasteiger partial charge in [-0.1, -0.05) is 6.08 Å². The molecular weight excluding hydrogens is 86.1 g/mol. The fourth-order valence-corrected chi connectivity index (χ4v) is 0.880. The molecule has 0 aromatic carbocycles. The van der Waals surface area contributed by atoms with Gasteiger partial charge in [0.05, 0.1) is 5.54 Å². The van der Waals surface area contributed by atoms with Crippen molar-refractivity contribution in [3.05, 3.63) is 12.2 Å². The molecule has 0 unspecified atom stereocenters. The van der Waals surface area contributed by atoms with Crippen LogP contribution in [0.15, 0.2) is 17.1 Å². The van der Waals surface area contributed by atoms with Gasteiger partial charge in [0, 0.05) is 6.21 Å². The van der Waals surface area contributed by atoms with Crippen molar-refractivity contribution in [2.24, 2.45) is 4.99 Å². The van der Waals surface area contributed by atoms with Gasteiger partial charge in [0.15, 0.2) is 0 Å². The van der Waals surface area contributed by atoms with Crippen molar-refractivity contribution >= 4 is 6.21 Å². The molecule has 1 aliphatic carbocycles. The Morgan fingerprint density at radius 2 is 2.29 bits per heavy atom. The highest BCUT2D eigenvalue weighted by atomic mass is 14.9. The Kier molecular flexibility index (Phi) is 0.394. The van der Waals surface area contributed by atoms with Crippen molar-refractivity contribution in [2.45, 2.75) is 18.4 Å². The second-order valence-corrected chi connectivity index (χ2v) is 2.24. The molecule has 1 fully saturated rings. The molecule has 1 heteroatoms. The van der Waals surface area contributed by atoms with Crippen LogP contribution in [0, 0.1) is 0 Å². The quantitative estimate of drug-likeness (QED) is 0.426. The maximum Gasteiger partial charge on any atom is 0.0793 e. The first-order valence-electron chi connectivity index (χ1n) is 2.64. The molecule has 1 aliphatic heterocycles. The maximum atomic E-state index is 4.24. The molecule has 0 amide bonds. The van der Waals surface area contributed by atoms with Gasteiger partial charge in [0.1, 0.15) is 0 Å². The van der Waals surface area contributed by atoms with E-state index in [1.165, 1.54) is 12.8 Å². The summed E-state index contributed by atoms with van der Waals surface area (Å²) >= 11 is 0. The molecule has 1 nitrogen and oxygen atoms in total. The van der Waals surface area contributed by atoms with Crippen molar-refractivity contribution in [1.29, 1.82) is 0 Å². The van der Waals surface area contributed by atoms with E-state index in [1.54, 1.807) is 0 Å². The zero-order valence-electron chi connectivity index (χ0n) is 4.09. The molecule has 2 rings (SSSR count). The molecule has 0 radical (unpaired) electrons. The van der Waals surface area contributed by atoms with Gasteiger partial charge in [-0.2, -0.15) is 0 Å². The third kappa shape index (κ3) is 0.350. The predicted molar refractivity (Wildman–Crippen MR) is 29.6 cm³/mol. The lowest BCUT2D eigenvalue weighted by molar-refractivity contribution is 0.880. The van der Waals surface area contributed by atoms with Crippen LogP contribution in [0.3, 0.4) is 0 Å². The van der Waals surface area contributed by atoms with Crippen LogP contribution in [0.2, 0.25) is 0 Å². The van der Waals surface area contributed by atoms with Crippen LogP contribution in [-0.2, 0) is 0 Å². The minimum Gasteiger partial charge on any atom is -0.282 e. The Bertz CT molecular complexity index is 126. The first kappa shape index (κ1) is 3.42. The minimum atomic E-state index is 0.333. The van der Waals surface area contributed by atoms with E-state index in [2.05, 4.69) is 11.1 Å². The molecule has 0 saturated heterocycles. The highest BCUT2D eigenvalue weighted by Gasteiger charge is 2.40. The number of hydrogen-bond acceptors (Lipinski definition) is 1. The van der Waals surface area contributed by atoms with E-state index in [9.17, 15) is 0 Å². The molecule has 0 aromatic heterocycles. The van der Waals surface area contributed by atoms with Crippen LogP contribution in [-0.4, -0.2) is 11.8 Å². The predicted octanol–water partition coefficient (Wildman–Crippen LogP) is 1.16. The summed E-state index contributed by atoms with van der Waals surface area (Å²) in [5.41, 5.74) is 0.333. The summed E-state index contributed by atoms with van der Waals surface area (Å²) in [6.07, 6.45) is 8.67.